The first-order chi connectivity index (χ1) is 32.2. The monoisotopic (exact) mass is 826 g/mol. The third-order valence-electron chi connectivity index (χ3n) is 13.1. The van der Waals surface area contributed by atoms with Crippen molar-refractivity contribution in [2.24, 2.45) is 0 Å². The molecular formula is C62H38N2O. The maximum absolute atomic E-state index is 6.42. The minimum atomic E-state index is 0.683. The Balaban J connectivity index is 1.00. The zero-order valence-corrected chi connectivity index (χ0v) is 35.2. The van der Waals surface area contributed by atoms with Crippen LogP contribution in [0.15, 0.2) is 235 Å². The molecule has 302 valence electrons. The predicted molar refractivity (Wildman–Crippen MR) is 272 cm³/mol. The number of para-hydroxylation sites is 2. The quantitative estimate of drug-likeness (QED) is 0.124. The van der Waals surface area contributed by atoms with Gasteiger partial charge in [-0.3, -0.25) is 0 Å². The van der Waals surface area contributed by atoms with E-state index in [1.807, 2.05) is 30.3 Å². The number of nitrogens with zero attached hydrogens (tertiary/aromatic N) is 2. The Labute approximate surface area is 375 Å². The fourth-order valence-electron chi connectivity index (χ4n) is 10.1. The molecule has 11 aromatic carbocycles. The largest absolute Gasteiger partial charge is 0.455 e. The van der Waals surface area contributed by atoms with Gasteiger partial charge in [0.2, 0.25) is 0 Å². The van der Waals surface area contributed by atoms with Crippen molar-refractivity contribution >= 4 is 65.0 Å². The molecule has 0 aliphatic heterocycles. The SMILES string of the molecule is c1ccc(-c2nc(-c3ccc(-c4cccc5c4oc4ccccc45)cc3)cc(-c3ccc(-c4c5ccccc5c(-c5ccccc5)c5c4ccc4ccccc45)c4ccccc34)n2)cc1. The summed E-state index contributed by atoms with van der Waals surface area (Å²) in [5.41, 5.74) is 13.6. The van der Waals surface area contributed by atoms with Gasteiger partial charge in [-0.05, 0) is 83.0 Å². The van der Waals surface area contributed by atoms with Gasteiger partial charge in [-0.15, -0.1) is 0 Å². The second-order valence-corrected chi connectivity index (χ2v) is 16.8. The molecule has 13 rings (SSSR count). The Morgan fingerprint density at radius 1 is 0.292 bits per heavy atom. The Kier molecular flexibility index (Phi) is 8.53. The summed E-state index contributed by atoms with van der Waals surface area (Å²) in [6.07, 6.45) is 0. The van der Waals surface area contributed by atoms with Crippen molar-refractivity contribution in [3.8, 4) is 67.3 Å². The van der Waals surface area contributed by atoms with Gasteiger partial charge in [0.1, 0.15) is 11.2 Å². The van der Waals surface area contributed by atoms with Gasteiger partial charge in [-0.25, -0.2) is 9.97 Å². The first kappa shape index (κ1) is 36.9. The maximum atomic E-state index is 6.42. The molecule has 0 saturated heterocycles. The predicted octanol–water partition coefficient (Wildman–Crippen LogP) is 17.0. The molecule has 2 aromatic heterocycles. The lowest BCUT2D eigenvalue weighted by Gasteiger charge is -2.21. The molecule has 0 fully saturated rings. The van der Waals surface area contributed by atoms with Crippen LogP contribution in [0.1, 0.15) is 0 Å². The fourth-order valence-corrected chi connectivity index (χ4v) is 10.1. The second kappa shape index (κ2) is 15.0. The number of benzene rings is 11. The van der Waals surface area contributed by atoms with E-state index < -0.39 is 0 Å². The van der Waals surface area contributed by atoms with Crippen molar-refractivity contribution < 1.29 is 4.42 Å². The zero-order chi connectivity index (χ0) is 42.8. The van der Waals surface area contributed by atoms with Gasteiger partial charge in [-0.1, -0.05) is 218 Å². The van der Waals surface area contributed by atoms with E-state index in [0.717, 1.165) is 66.5 Å². The van der Waals surface area contributed by atoms with Crippen LogP contribution in [0.2, 0.25) is 0 Å². The molecule has 0 atom stereocenters. The molecule has 0 aliphatic carbocycles. The Hall–Kier alpha value is -8.66. The van der Waals surface area contributed by atoms with Gasteiger partial charge in [0, 0.05) is 33.0 Å². The molecule has 0 bridgehead atoms. The highest BCUT2D eigenvalue weighted by Gasteiger charge is 2.22. The van der Waals surface area contributed by atoms with Gasteiger partial charge in [0.25, 0.3) is 0 Å². The summed E-state index contributed by atoms with van der Waals surface area (Å²) in [5, 5.41) is 12.0. The van der Waals surface area contributed by atoms with E-state index in [1.54, 1.807) is 0 Å². The lowest BCUT2D eigenvalue weighted by Crippen LogP contribution is -1.97. The molecule has 0 N–H and O–H groups in total. The van der Waals surface area contributed by atoms with Crippen molar-refractivity contribution in [2.75, 3.05) is 0 Å². The highest BCUT2D eigenvalue weighted by molar-refractivity contribution is 6.29. The van der Waals surface area contributed by atoms with Crippen LogP contribution in [0, 0.1) is 0 Å². The molecule has 0 unspecified atom stereocenters. The van der Waals surface area contributed by atoms with Crippen molar-refractivity contribution in [3.63, 3.8) is 0 Å². The molecule has 3 heteroatoms. The van der Waals surface area contributed by atoms with E-state index in [2.05, 4.69) is 200 Å². The number of hydrogen-bond acceptors (Lipinski definition) is 3. The Bertz CT molecular complexity index is 3980. The van der Waals surface area contributed by atoms with E-state index in [-0.39, 0.29) is 0 Å². The van der Waals surface area contributed by atoms with E-state index in [4.69, 9.17) is 14.4 Å². The Morgan fingerprint density at radius 2 is 0.862 bits per heavy atom. The average molecular weight is 827 g/mol. The fraction of sp³-hybridized carbons (Fsp3) is 0. The van der Waals surface area contributed by atoms with Crippen LogP contribution in [-0.2, 0) is 0 Å². The number of rotatable bonds is 6. The normalized spacial score (nSPS) is 11.7. The van der Waals surface area contributed by atoms with Crippen molar-refractivity contribution in [3.05, 3.63) is 231 Å². The Morgan fingerprint density at radius 3 is 1.63 bits per heavy atom. The molecule has 0 spiro atoms. The summed E-state index contributed by atoms with van der Waals surface area (Å²) < 4.78 is 6.42. The molecule has 3 nitrogen and oxygen atoms in total. The van der Waals surface area contributed by atoms with E-state index in [1.165, 1.54) is 60.0 Å². The van der Waals surface area contributed by atoms with Crippen LogP contribution < -0.4 is 0 Å². The highest BCUT2D eigenvalue weighted by atomic mass is 16.3. The first-order valence-corrected chi connectivity index (χ1v) is 22.1. The zero-order valence-electron chi connectivity index (χ0n) is 35.2. The van der Waals surface area contributed by atoms with Crippen molar-refractivity contribution in [1.82, 2.24) is 9.97 Å². The van der Waals surface area contributed by atoms with Crippen molar-refractivity contribution in [2.45, 2.75) is 0 Å². The summed E-state index contributed by atoms with van der Waals surface area (Å²) in [7, 11) is 0. The molecule has 2 heterocycles. The molecule has 0 radical (unpaired) electrons. The minimum absolute atomic E-state index is 0.683. The van der Waals surface area contributed by atoms with Crippen LogP contribution in [0.3, 0.4) is 0 Å². The standard InChI is InChI=1S/C62H38N2O/c1-3-17-42(18-4-1)58-50-25-11-12-26-51(50)59(54-35-34-39-16-7-8-21-44(39)60(54)58)52-37-36-48(46-22-9-10-23-47(46)52)56-38-55(63-62(64-56)43-19-5-2-6-20-43)41-32-30-40(31-33-41)45-27-15-28-53-49-24-13-14-29-57(49)65-61(45)53/h1-38H. The highest BCUT2D eigenvalue weighted by Crippen LogP contribution is 2.48. The van der Waals surface area contributed by atoms with Crippen LogP contribution >= 0.6 is 0 Å². The number of hydrogen-bond donors (Lipinski definition) is 0. The van der Waals surface area contributed by atoms with Crippen molar-refractivity contribution in [1.29, 1.82) is 0 Å². The number of fused-ring (bicyclic) bond motifs is 8. The molecule has 65 heavy (non-hydrogen) atoms. The van der Waals surface area contributed by atoms with Gasteiger partial charge >= 0.3 is 0 Å². The van der Waals surface area contributed by atoms with E-state index in [0.29, 0.717) is 5.82 Å². The molecule has 13 aromatic rings. The van der Waals surface area contributed by atoms with E-state index in [9.17, 15) is 0 Å². The third kappa shape index (κ3) is 6.05. The third-order valence-corrected chi connectivity index (χ3v) is 13.1. The smallest absolute Gasteiger partial charge is 0.160 e. The van der Waals surface area contributed by atoms with Gasteiger partial charge in [0.05, 0.1) is 11.4 Å². The van der Waals surface area contributed by atoms with Crippen LogP contribution in [0.4, 0.5) is 0 Å². The summed E-state index contributed by atoms with van der Waals surface area (Å²) >= 11 is 0. The minimum Gasteiger partial charge on any atom is -0.455 e. The number of aromatic nitrogens is 2. The summed E-state index contributed by atoms with van der Waals surface area (Å²) in [6, 6.07) is 82.3. The second-order valence-electron chi connectivity index (χ2n) is 16.8. The van der Waals surface area contributed by atoms with Crippen LogP contribution in [0.25, 0.3) is 132 Å². The topological polar surface area (TPSA) is 38.9 Å². The average Bonchev–Trinajstić information content (AvgIpc) is 3.77. The molecule has 0 aliphatic rings. The maximum Gasteiger partial charge on any atom is 0.160 e. The summed E-state index contributed by atoms with van der Waals surface area (Å²) in [4.78, 5) is 10.6. The van der Waals surface area contributed by atoms with Gasteiger partial charge in [0.15, 0.2) is 5.82 Å². The van der Waals surface area contributed by atoms with Gasteiger partial charge < -0.3 is 4.42 Å². The van der Waals surface area contributed by atoms with Crippen LogP contribution in [0.5, 0.6) is 0 Å². The molecule has 0 amide bonds. The van der Waals surface area contributed by atoms with E-state index >= 15 is 0 Å². The first-order valence-electron chi connectivity index (χ1n) is 22.1. The lowest BCUT2D eigenvalue weighted by atomic mass is 9.82. The number of furan rings is 1. The van der Waals surface area contributed by atoms with Crippen LogP contribution in [-0.4, -0.2) is 9.97 Å². The van der Waals surface area contributed by atoms with Gasteiger partial charge in [-0.2, -0.15) is 0 Å². The molecular weight excluding hydrogens is 789 g/mol. The molecule has 0 saturated carbocycles. The summed E-state index contributed by atoms with van der Waals surface area (Å²) in [5.74, 6) is 0.683. The summed E-state index contributed by atoms with van der Waals surface area (Å²) in [6.45, 7) is 0. The lowest BCUT2D eigenvalue weighted by molar-refractivity contribution is 0.670.